The molecule has 6 nitrogen and oxygen atoms in total. The molecule has 0 aromatic heterocycles. The van der Waals surface area contributed by atoms with Crippen molar-refractivity contribution in [2.75, 3.05) is 41.0 Å². The van der Waals surface area contributed by atoms with Gasteiger partial charge in [0.1, 0.15) is 30.4 Å². The zero-order chi connectivity index (χ0) is 22.2. The number of benzene rings is 2. The second-order valence-corrected chi connectivity index (χ2v) is 7.91. The highest BCUT2D eigenvalue weighted by atomic mass is 16.5. The van der Waals surface area contributed by atoms with Crippen LogP contribution in [0.4, 0.5) is 0 Å². The van der Waals surface area contributed by atoms with E-state index in [-0.39, 0.29) is 11.9 Å². The highest BCUT2D eigenvalue weighted by Crippen LogP contribution is 2.38. The molecule has 1 aliphatic heterocycles. The number of nitrogens with one attached hydrogen (secondary N) is 1. The smallest absolute Gasteiger partial charge is 0.278 e. The standard InChI is InChI=1S/C25H32N2O4/c1-5-15-31-20-10-8-19(9-11-20)17-26(2)18-25(28)27-14-6-7-23(27)22-16-21(29-3)12-13-24(22)30-4/h5,8-13,16,23H,1,6-7,14-15,17-18H2,2-4H3/p+1/t23-/m0/s1. The van der Waals surface area contributed by atoms with Gasteiger partial charge in [-0.2, -0.15) is 0 Å². The maximum absolute atomic E-state index is 13.2. The summed E-state index contributed by atoms with van der Waals surface area (Å²) in [7, 11) is 5.37. The quantitative estimate of drug-likeness (QED) is 0.595. The Morgan fingerprint density at radius 1 is 1.16 bits per heavy atom. The van der Waals surface area contributed by atoms with Crippen molar-refractivity contribution in [2.45, 2.75) is 25.4 Å². The third kappa shape index (κ3) is 5.79. The van der Waals surface area contributed by atoms with Crippen molar-refractivity contribution in [3.05, 3.63) is 66.2 Å². The highest BCUT2D eigenvalue weighted by Gasteiger charge is 2.33. The van der Waals surface area contributed by atoms with Crippen LogP contribution in [-0.4, -0.2) is 51.8 Å². The zero-order valence-electron chi connectivity index (χ0n) is 18.7. The lowest BCUT2D eigenvalue weighted by atomic mass is 10.0. The number of likely N-dealkylation sites (tertiary alicyclic amines) is 1. The van der Waals surface area contributed by atoms with Gasteiger partial charge >= 0.3 is 0 Å². The van der Waals surface area contributed by atoms with E-state index < -0.39 is 0 Å². The van der Waals surface area contributed by atoms with Crippen molar-refractivity contribution in [3.63, 3.8) is 0 Å². The molecule has 1 unspecified atom stereocenters. The van der Waals surface area contributed by atoms with Gasteiger partial charge in [0.25, 0.3) is 5.91 Å². The number of hydrogen-bond acceptors (Lipinski definition) is 4. The van der Waals surface area contributed by atoms with Crippen molar-refractivity contribution in [3.8, 4) is 17.2 Å². The molecular formula is C25H33N2O4+. The van der Waals surface area contributed by atoms with E-state index in [4.69, 9.17) is 14.2 Å². The Hall–Kier alpha value is -2.99. The summed E-state index contributed by atoms with van der Waals surface area (Å²) in [4.78, 5) is 16.3. The molecule has 1 saturated heterocycles. The van der Waals surface area contributed by atoms with Crippen molar-refractivity contribution in [1.29, 1.82) is 0 Å². The van der Waals surface area contributed by atoms with Crippen LogP contribution in [0.25, 0.3) is 0 Å². The molecule has 2 aromatic carbocycles. The molecule has 1 N–H and O–H groups in total. The predicted molar refractivity (Wildman–Crippen MR) is 121 cm³/mol. The van der Waals surface area contributed by atoms with Crippen LogP contribution in [0.2, 0.25) is 0 Å². The van der Waals surface area contributed by atoms with E-state index in [1.165, 1.54) is 5.56 Å². The van der Waals surface area contributed by atoms with Gasteiger partial charge in [-0.25, -0.2) is 0 Å². The lowest BCUT2D eigenvalue weighted by Gasteiger charge is -2.27. The Kier molecular flexibility index (Phi) is 7.95. The van der Waals surface area contributed by atoms with Crippen LogP contribution in [0, 0.1) is 0 Å². The van der Waals surface area contributed by atoms with Crippen molar-refractivity contribution in [1.82, 2.24) is 4.90 Å². The lowest BCUT2D eigenvalue weighted by molar-refractivity contribution is -0.885. The van der Waals surface area contributed by atoms with E-state index >= 15 is 0 Å². The van der Waals surface area contributed by atoms with Crippen molar-refractivity contribution in [2.24, 2.45) is 0 Å². The molecular weight excluding hydrogens is 392 g/mol. The van der Waals surface area contributed by atoms with E-state index in [2.05, 4.69) is 13.6 Å². The first kappa shape index (κ1) is 22.7. The monoisotopic (exact) mass is 425 g/mol. The minimum Gasteiger partial charge on any atom is -0.497 e. The Balaban J connectivity index is 1.63. The molecule has 166 valence electrons. The second kappa shape index (κ2) is 10.9. The van der Waals surface area contributed by atoms with Crippen LogP contribution in [-0.2, 0) is 11.3 Å². The van der Waals surface area contributed by atoms with Crippen molar-refractivity contribution >= 4 is 5.91 Å². The third-order valence-corrected chi connectivity index (χ3v) is 5.62. The van der Waals surface area contributed by atoms with Crippen LogP contribution in [0.1, 0.15) is 30.0 Å². The number of carbonyl (C=O) groups is 1. The van der Waals surface area contributed by atoms with Gasteiger partial charge in [0.05, 0.1) is 27.3 Å². The number of quaternary nitrogens is 1. The maximum Gasteiger partial charge on any atom is 0.278 e. The topological polar surface area (TPSA) is 52.4 Å². The van der Waals surface area contributed by atoms with Gasteiger partial charge in [-0.3, -0.25) is 4.79 Å². The third-order valence-electron chi connectivity index (χ3n) is 5.62. The van der Waals surface area contributed by atoms with E-state index in [1.807, 2.05) is 47.4 Å². The molecule has 1 fully saturated rings. The summed E-state index contributed by atoms with van der Waals surface area (Å²) in [5.74, 6) is 2.56. The minimum atomic E-state index is 0.0200. The van der Waals surface area contributed by atoms with Gasteiger partial charge in [-0.15, -0.1) is 0 Å². The van der Waals surface area contributed by atoms with Crippen LogP contribution in [0.15, 0.2) is 55.1 Å². The molecule has 3 rings (SSSR count). The van der Waals surface area contributed by atoms with E-state index in [0.29, 0.717) is 13.2 Å². The van der Waals surface area contributed by atoms with Gasteiger partial charge in [-0.1, -0.05) is 12.7 Å². The zero-order valence-corrected chi connectivity index (χ0v) is 18.7. The number of nitrogens with zero attached hydrogens (tertiary/aromatic N) is 1. The summed E-state index contributed by atoms with van der Waals surface area (Å²) < 4.78 is 16.5. The predicted octanol–water partition coefficient (Wildman–Crippen LogP) is 2.65. The van der Waals surface area contributed by atoms with E-state index in [1.54, 1.807) is 20.3 Å². The molecule has 1 aliphatic rings. The normalized spacial score (nSPS) is 16.6. The Morgan fingerprint density at radius 3 is 2.58 bits per heavy atom. The largest absolute Gasteiger partial charge is 0.497 e. The molecule has 2 atom stereocenters. The molecule has 0 saturated carbocycles. The van der Waals surface area contributed by atoms with Crippen molar-refractivity contribution < 1.29 is 23.9 Å². The first-order valence-corrected chi connectivity index (χ1v) is 10.7. The van der Waals surface area contributed by atoms with E-state index in [9.17, 15) is 4.79 Å². The number of methoxy groups -OCH3 is 2. The summed E-state index contributed by atoms with van der Waals surface area (Å²) in [6.45, 7) is 6.14. The number of hydrogen-bond donors (Lipinski definition) is 1. The van der Waals surface area contributed by atoms with Crippen LogP contribution in [0.3, 0.4) is 0 Å². The number of rotatable bonds is 10. The SMILES string of the molecule is C=CCOc1ccc(C[NH+](C)CC(=O)N2CCC[C@H]2c2cc(OC)ccc2OC)cc1. The minimum absolute atomic E-state index is 0.0200. The fraction of sp³-hybridized carbons (Fsp3) is 0.400. The maximum atomic E-state index is 13.2. The number of amides is 1. The summed E-state index contributed by atoms with van der Waals surface area (Å²) in [5.41, 5.74) is 2.18. The molecule has 0 spiro atoms. The van der Waals surface area contributed by atoms with Gasteiger partial charge in [0, 0.05) is 17.7 Å². The molecule has 1 heterocycles. The first-order valence-electron chi connectivity index (χ1n) is 10.7. The fourth-order valence-corrected chi connectivity index (χ4v) is 4.12. The average molecular weight is 426 g/mol. The molecule has 6 heteroatoms. The second-order valence-electron chi connectivity index (χ2n) is 7.91. The highest BCUT2D eigenvalue weighted by molar-refractivity contribution is 5.78. The Labute approximate surface area is 185 Å². The van der Waals surface area contributed by atoms with Gasteiger partial charge < -0.3 is 24.0 Å². The lowest BCUT2D eigenvalue weighted by Crippen LogP contribution is -3.08. The first-order chi connectivity index (χ1) is 15.0. The molecule has 1 amide bonds. The van der Waals surface area contributed by atoms with E-state index in [0.717, 1.165) is 53.6 Å². The van der Waals surface area contributed by atoms with Crippen LogP contribution < -0.4 is 19.1 Å². The molecule has 0 radical (unpaired) electrons. The summed E-state index contributed by atoms with van der Waals surface area (Å²) >= 11 is 0. The molecule has 0 aliphatic carbocycles. The van der Waals surface area contributed by atoms with Crippen LogP contribution >= 0.6 is 0 Å². The summed E-state index contributed by atoms with van der Waals surface area (Å²) in [6, 6.07) is 13.8. The summed E-state index contributed by atoms with van der Waals surface area (Å²) in [6.07, 6.45) is 3.65. The van der Waals surface area contributed by atoms with Gasteiger partial charge in [0.15, 0.2) is 6.54 Å². The number of likely N-dealkylation sites (N-methyl/N-ethyl adjacent to an activating group) is 1. The van der Waals surface area contributed by atoms with Gasteiger partial charge in [0.2, 0.25) is 0 Å². The Morgan fingerprint density at radius 2 is 1.90 bits per heavy atom. The number of ether oxygens (including phenoxy) is 3. The Bertz CT molecular complexity index is 882. The molecule has 31 heavy (non-hydrogen) atoms. The summed E-state index contributed by atoms with van der Waals surface area (Å²) in [5, 5.41) is 0. The van der Waals surface area contributed by atoms with Gasteiger partial charge in [-0.05, 0) is 55.3 Å². The molecule has 0 bridgehead atoms. The fourth-order valence-electron chi connectivity index (χ4n) is 4.12. The molecule has 2 aromatic rings. The average Bonchev–Trinajstić information content (AvgIpc) is 3.28. The van der Waals surface area contributed by atoms with Crippen LogP contribution in [0.5, 0.6) is 17.2 Å². The number of carbonyl (C=O) groups excluding carboxylic acids is 1.